The summed E-state index contributed by atoms with van der Waals surface area (Å²) >= 11 is 0. The van der Waals surface area contributed by atoms with Gasteiger partial charge in [-0.2, -0.15) is 13.2 Å². The highest BCUT2D eigenvalue weighted by molar-refractivity contribution is 5.59. The lowest BCUT2D eigenvalue weighted by molar-refractivity contribution is -0.138. The monoisotopic (exact) mass is 327 g/mol. The van der Waals surface area contributed by atoms with Crippen LogP contribution in [0.4, 0.5) is 18.9 Å². The van der Waals surface area contributed by atoms with Crippen LogP contribution < -0.4 is 4.90 Å². The zero-order valence-corrected chi connectivity index (χ0v) is 13.1. The van der Waals surface area contributed by atoms with Gasteiger partial charge in [-0.05, 0) is 38.2 Å². The molecule has 23 heavy (non-hydrogen) atoms. The first-order valence-corrected chi connectivity index (χ1v) is 7.85. The lowest BCUT2D eigenvalue weighted by Gasteiger charge is -2.34. The molecular weight excluding hydrogens is 307 g/mol. The van der Waals surface area contributed by atoms with Crippen LogP contribution in [0, 0.1) is 0 Å². The van der Waals surface area contributed by atoms with E-state index in [4.69, 9.17) is 0 Å². The number of likely N-dealkylation sites (N-methyl/N-ethyl adjacent to an activating group) is 1. The normalized spacial score (nSPS) is 31.2. The van der Waals surface area contributed by atoms with E-state index in [1.54, 1.807) is 13.1 Å². The fraction of sp³-hybridized carbons (Fsp3) is 0.625. The van der Waals surface area contributed by atoms with Crippen LogP contribution in [0.15, 0.2) is 12.1 Å². The number of piperazine rings is 1. The van der Waals surface area contributed by atoms with Gasteiger partial charge >= 0.3 is 6.18 Å². The van der Waals surface area contributed by atoms with E-state index in [2.05, 4.69) is 16.8 Å². The molecule has 0 saturated carbocycles. The van der Waals surface area contributed by atoms with E-state index in [1.165, 1.54) is 11.0 Å². The second-order valence-corrected chi connectivity index (χ2v) is 6.98. The first-order chi connectivity index (χ1) is 10.8. The molecule has 2 fully saturated rings. The standard InChI is InChI=1S/C16H20F3N3O/c1-20-6-11-3-10(20)7-22(11)9-4-12-13(8-21(2)15(12)23)14(5-9)16(17,18)19/h4-5,10-11,15,23H,3,6-8H2,1-2H3. The number of halogens is 3. The highest BCUT2D eigenvalue weighted by atomic mass is 19.4. The van der Waals surface area contributed by atoms with E-state index < -0.39 is 18.0 Å². The molecule has 1 aromatic carbocycles. The number of hydrogen-bond acceptors (Lipinski definition) is 4. The van der Waals surface area contributed by atoms with Crippen molar-refractivity contribution >= 4 is 5.69 Å². The summed E-state index contributed by atoms with van der Waals surface area (Å²) in [6.45, 7) is 1.76. The number of aliphatic hydroxyl groups is 1. The number of benzene rings is 1. The topological polar surface area (TPSA) is 30.0 Å². The fourth-order valence-electron chi connectivity index (χ4n) is 4.26. The van der Waals surface area contributed by atoms with E-state index in [1.807, 2.05) is 0 Å². The minimum Gasteiger partial charge on any atom is -0.374 e. The zero-order chi connectivity index (χ0) is 16.5. The third kappa shape index (κ3) is 2.25. The van der Waals surface area contributed by atoms with Crippen LogP contribution in [0.1, 0.15) is 29.3 Å². The highest BCUT2D eigenvalue weighted by Crippen LogP contribution is 2.44. The second-order valence-electron chi connectivity index (χ2n) is 6.98. The largest absolute Gasteiger partial charge is 0.416 e. The Bertz CT molecular complexity index is 646. The summed E-state index contributed by atoms with van der Waals surface area (Å²) in [7, 11) is 3.70. The lowest BCUT2D eigenvalue weighted by atomic mass is 10.00. The summed E-state index contributed by atoms with van der Waals surface area (Å²) in [6.07, 6.45) is -4.37. The first-order valence-electron chi connectivity index (χ1n) is 7.85. The van der Waals surface area contributed by atoms with Gasteiger partial charge in [0.1, 0.15) is 6.23 Å². The summed E-state index contributed by atoms with van der Waals surface area (Å²) in [6, 6.07) is 3.70. The van der Waals surface area contributed by atoms with Crippen molar-refractivity contribution in [2.75, 3.05) is 32.1 Å². The SMILES string of the molecule is CN1CC2CC1CN2c1cc2c(c(C(F)(F)F)c1)CN(C)C2O. The predicted octanol–water partition coefficient (Wildman–Crippen LogP) is 2.03. The minimum atomic E-state index is -4.40. The minimum absolute atomic E-state index is 0.125. The second kappa shape index (κ2) is 4.84. The maximum atomic E-state index is 13.5. The molecule has 0 aliphatic carbocycles. The first kappa shape index (κ1) is 15.2. The maximum Gasteiger partial charge on any atom is 0.416 e. The smallest absolute Gasteiger partial charge is 0.374 e. The van der Waals surface area contributed by atoms with Gasteiger partial charge in [0.2, 0.25) is 0 Å². The van der Waals surface area contributed by atoms with Crippen molar-refractivity contribution in [3.05, 3.63) is 28.8 Å². The number of likely N-dealkylation sites (tertiary alicyclic amines) is 1. The molecule has 1 aromatic rings. The van der Waals surface area contributed by atoms with Gasteiger partial charge in [0.15, 0.2) is 0 Å². The van der Waals surface area contributed by atoms with Crippen LogP contribution in [0.25, 0.3) is 0 Å². The van der Waals surface area contributed by atoms with Crippen LogP contribution in [0.5, 0.6) is 0 Å². The van der Waals surface area contributed by atoms with Gasteiger partial charge in [-0.3, -0.25) is 9.80 Å². The van der Waals surface area contributed by atoms with E-state index >= 15 is 0 Å². The summed E-state index contributed by atoms with van der Waals surface area (Å²) in [5, 5.41) is 10.2. The molecule has 3 aliphatic rings. The maximum absolute atomic E-state index is 13.5. The Morgan fingerprint density at radius 2 is 1.83 bits per heavy atom. The molecule has 0 spiro atoms. The highest BCUT2D eigenvalue weighted by Gasteiger charge is 2.44. The molecule has 0 amide bonds. The Labute approximate surface area is 133 Å². The third-order valence-corrected chi connectivity index (χ3v) is 5.52. The molecule has 4 rings (SSSR count). The van der Waals surface area contributed by atoms with Crippen molar-refractivity contribution < 1.29 is 18.3 Å². The van der Waals surface area contributed by atoms with Gasteiger partial charge in [-0.25, -0.2) is 0 Å². The van der Waals surface area contributed by atoms with Crippen molar-refractivity contribution in [2.24, 2.45) is 0 Å². The molecule has 7 heteroatoms. The Kier molecular flexibility index (Phi) is 3.21. The van der Waals surface area contributed by atoms with E-state index in [0.717, 1.165) is 19.5 Å². The van der Waals surface area contributed by atoms with Crippen LogP contribution in [0.2, 0.25) is 0 Å². The molecule has 2 saturated heterocycles. The molecular formula is C16H20F3N3O. The van der Waals surface area contributed by atoms with E-state index in [9.17, 15) is 18.3 Å². The zero-order valence-electron chi connectivity index (χ0n) is 13.1. The number of nitrogens with zero attached hydrogens (tertiary/aromatic N) is 3. The van der Waals surface area contributed by atoms with Crippen molar-refractivity contribution in [2.45, 2.75) is 37.5 Å². The van der Waals surface area contributed by atoms with Gasteiger partial charge < -0.3 is 10.0 Å². The van der Waals surface area contributed by atoms with Crippen LogP contribution in [0.3, 0.4) is 0 Å². The van der Waals surface area contributed by atoms with Gasteiger partial charge in [0, 0.05) is 43.0 Å². The molecule has 1 N–H and O–H groups in total. The Balaban J connectivity index is 1.78. The molecule has 3 atom stereocenters. The summed E-state index contributed by atoms with van der Waals surface area (Å²) in [5.41, 5.74) is 0.585. The number of alkyl halides is 3. The van der Waals surface area contributed by atoms with Crippen molar-refractivity contribution in [3.63, 3.8) is 0 Å². The molecule has 3 aliphatic heterocycles. The number of fused-ring (bicyclic) bond motifs is 3. The molecule has 0 radical (unpaired) electrons. The van der Waals surface area contributed by atoms with Crippen LogP contribution >= 0.6 is 0 Å². The van der Waals surface area contributed by atoms with Crippen molar-refractivity contribution in [3.8, 4) is 0 Å². The molecule has 0 aromatic heterocycles. The van der Waals surface area contributed by atoms with Gasteiger partial charge in [-0.1, -0.05) is 0 Å². The van der Waals surface area contributed by atoms with E-state index in [0.29, 0.717) is 17.3 Å². The summed E-state index contributed by atoms with van der Waals surface area (Å²) < 4.78 is 40.5. The number of hydrogen-bond donors (Lipinski definition) is 1. The Morgan fingerprint density at radius 3 is 2.39 bits per heavy atom. The van der Waals surface area contributed by atoms with E-state index in [-0.39, 0.29) is 18.2 Å². The van der Waals surface area contributed by atoms with Gasteiger partial charge in [0.25, 0.3) is 0 Å². The molecule has 4 nitrogen and oxygen atoms in total. The quantitative estimate of drug-likeness (QED) is 0.855. The summed E-state index contributed by atoms with van der Waals surface area (Å²) in [5.74, 6) is 0. The van der Waals surface area contributed by atoms with Crippen LogP contribution in [-0.4, -0.2) is 54.2 Å². The Morgan fingerprint density at radius 1 is 1.09 bits per heavy atom. The lowest BCUT2D eigenvalue weighted by Crippen LogP contribution is -2.44. The average molecular weight is 327 g/mol. The van der Waals surface area contributed by atoms with Crippen molar-refractivity contribution in [1.82, 2.24) is 9.80 Å². The molecule has 3 heterocycles. The number of aliphatic hydroxyl groups excluding tert-OH is 1. The number of anilines is 1. The number of rotatable bonds is 1. The molecule has 2 bridgehead atoms. The third-order valence-electron chi connectivity index (χ3n) is 5.52. The Hall–Kier alpha value is -1.31. The predicted molar refractivity (Wildman–Crippen MR) is 80.0 cm³/mol. The van der Waals surface area contributed by atoms with Crippen LogP contribution in [-0.2, 0) is 12.7 Å². The molecule has 126 valence electrons. The van der Waals surface area contributed by atoms with Gasteiger partial charge in [0.05, 0.1) is 5.56 Å². The summed E-state index contributed by atoms with van der Waals surface area (Å²) in [4.78, 5) is 5.88. The molecule has 3 unspecified atom stereocenters. The van der Waals surface area contributed by atoms with Gasteiger partial charge in [-0.15, -0.1) is 0 Å². The van der Waals surface area contributed by atoms with Crippen molar-refractivity contribution in [1.29, 1.82) is 0 Å². The average Bonchev–Trinajstić information content (AvgIpc) is 3.11. The fourth-order valence-corrected chi connectivity index (χ4v) is 4.26.